The van der Waals surface area contributed by atoms with Crippen molar-refractivity contribution in [3.8, 4) is 0 Å². The van der Waals surface area contributed by atoms with E-state index in [0.717, 1.165) is 0 Å². The van der Waals surface area contributed by atoms with E-state index in [4.69, 9.17) is 0 Å². The number of imide groups is 1. The van der Waals surface area contributed by atoms with Crippen LogP contribution in [0.3, 0.4) is 0 Å². The quantitative estimate of drug-likeness (QED) is 0.504. The summed E-state index contributed by atoms with van der Waals surface area (Å²) in [6.45, 7) is 3.65. The Labute approximate surface area is 141 Å². The van der Waals surface area contributed by atoms with Crippen LogP contribution < -0.4 is 0 Å². The first-order valence-corrected chi connectivity index (χ1v) is 8.27. The number of hydrogen-bond acceptors (Lipinski definition) is 4. The highest BCUT2D eigenvalue weighted by Crippen LogP contribution is 2.32. The Bertz CT molecular complexity index is 618. The van der Waals surface area contributed by atoms with Gasteiger partial charge in [0.2, 0.25) is 0 Å². The number of carbonyl (C=O) groups is 3. The van der Waals surface area contributed by atoms with Gasteiger partial charge in [0.1, 0.15) is 6.04 Å². The Morgan fingerprint density at radius 1 is 1.26 bits per heavy atom. The Kier molecular flexibility index (Phi) is 5.26. The van der Waals surface area contributed by atoms with Crippen LogP contribution in [0.5, 0.6) is 0 Å². The van der Waals surface area contributed by atoms with E-state index in [9.17, 15) is 19.5 Å². The number of hydrogen-bond donors (Lipinski definition) is 2. The molecule has 3 unspecified atom stereocenters. The number of rotatable bonds is 4. The van der Waals surface area contributed by atoms with Gasteiger partial charge in [-0.1, -0.05) is 30.3 Å². The Hall–Kier alpha value is -1.66. The summed E-state index contributed by atoms with van der Waals surface area (Å²) in [6.07, 6.45) is 0.240. The summed E-state index contributed by atoms with van der Waals surface area (Å²) < 4.78 is -0.597. The Balaban J connectivity index is 2.25. The molecule has 6 heteroatoms. The molecular formula is C17H22NO4S+. The second kappa shape index (κ2) is 6.84. The smallest absolute Gasteiger partial charge is 0.435 e. The van der Waals surface area contributed by atoms with Gasteiger partial charge in [-0.3, -0.25) is 4.79 Å². The van der Waals surface area contributed by atoms with E-state index in [-0.39, 0.29) is 18.4 Å². The zero-order valence-electron chi connectivity index (χ0n) is 13.3. The summed E-state index contributed by atoms with van der Waals surface area (Å²) in [6, 6.07) is 8.35. The van der Waals surface area contributed by atoms with Crippen molar-refractivity contribution >= 4 is 30.4 Å². The third-order valence-corrected chi connectivity index (χ3v) is 5.49. The van der Waals surface area contributed by atoms with E-state index < -0.39 is 27.7 Å². The Morgan fingerprint density at radius 3 is 2.35 bits per heavy atom. The number of carbonyl (C=O) groups excluding carboxylic acids is 2. The zero-order valence-corrected chi connectivity index (χ0v) is 14.2. The molecule has 1 heterocycles. The van der Waals surface area contributed by atoms with Crippen molar-refractivity contribution in [2.75, 3.05) is 6.54 Å². The fourth-order valence-electron chi connectivity index (χ4n) is 3.28. The van der Waals surface area contributed by atoms with E-state index in [2.05, 4.69) is 12.6 Å². The van der Waals surface area contributed by atoms with E-state index in [1.54, 1.807) is 44.2 Å². The largest absolute Gasteiger partial charge is 0.521 e. The Morgan fingerprint density at radius 2 is 1.87 bits per heavy atom. The van der Waals surface area contributed by atoms with Gasteiger partial charge in [0, 0.05) is 18.4 Å². The monoisotopic (exact) mass is 336 g/mol. The lowest BCUT2D eigenvalue weighted by molar-refractivity contribution is -0.794. The van der Waals surface area contributed by atoms with E-state index in [1.165, 1.54) is 0 Å². The van der Waals surface area contributed by atoms with Gasteiger partial charge in [-0.25, -0.2) is 4.79 Å². The molecule has 0 aromatic heterocycles. The number of quaternary nitrogens is 1. The first-order chi connectivity index (χ1) is 10.8. The lowest BCUT2D eigenvalue weighted by Gasteiger charge is -2.32. The molecule has 23 heavy (non-hydrogen) atoms. The van der Waals surface area contributed by atoms with Gasteiger partial charge in [-0.05, 0) is 13.8 Å². The van der Waals surface area contributed by atoms with Crippen LogP contribution in [0.1, 0.15) is 37.0 Å². The summed E-state index contributed by atoms with van der Waals surface area (Å²) in [7, 11) is 0. The van der Waals surface area contributed by atoms with Gasteiger partial charge >= 0.3 is 12.0 Å². The summed E-state index contributed by atoms with van der Waals surface area (Å²) in [5.41, 5.74) is 0.475. The van der Waals surface area contributed by atoms with Gasteiger partial charge in [-0.2, -0.15) is 21.9 Å². The first kappa shape index (κ1) is 17.7. The van der Waals surface area contributed by atoms with Crippen LogP contribution in [0.15, 0.2) is 30.3 Å². The topological polar surface area (TPSA) is 71.4 Å². The molecule has 1 fully saturated rings. The van der Waals surface area contributed by atoms with Crippen LogP contribution in [0.25, 0.3) is 0 Å². The predicted octanol–water partition coefficient (Wildman–Crippen LogP) is 3.01. The second-order valence-corrected chi connectivity index (χ2v) is 6.72. The molecule has 124 valence electrons. The molecule has 1 N–H and O–H groups in total. The number of amides is 2. The molecule has 1 aliphatic rings. The average molecular weight is 336 g/mol. The van der Waals surface area contributed by atoms with E-state index >= 15 is 0 Å². The number of thiol groups is 1. The highest BCUT2D eigenvalue weighted by Gasteiger charge is 2.55. The third kappa shape index (κ3) is 3.05. The molecule has 4 atom stereocenters. The van der Waals surface area contributed by atoms with Gasteiger partial charge in [-0.15, -0.1) is 0 Å². The van der Waals surface area contributed by atoms with Crippen molar-refractivity contribution in [2.45, 2.75) is 38.0 Å². The zero-order chi connectivity index (χ0) is 17.2. The SMILES string of the molecule is CC(C(=O)[N+]1(C(=O)O)CCC[C@H]1C)C(S)C(=O)c1ccccc1. The van der Waals surface area contributed by atoms with Gasteiger partial charge in [0.05, 0.1) is 17.7 Å². The second-order valence-electron chi connectivity index (χ2n) is 6.17. The van der Waals surface area contributed by atoms with Gasteiger partial charge in [0.25, 0.3) is 0 Å². The number of likely N-dealkylation sites (tertiary alicyclic amines) is 1. The molecule has 0 spiro atoms. The van der Waals surface area contributed by atoms with Crippen LogP contribution in [0.2, 0.25) is 0 Å². The van der Waals surface area contributed by atoms with E-state index in [1.807, 2.05) is 0 Å². The van der Waals surface area contributed by atoms with Crippen molar-refractivity contribution in [3.63, 3.8) is 0 Å². The van der Waals surface area contributed by atoms with Crippen molar-refractivity contribution in [3.05, 3.63) is 35.9 Å². The first-order valence-electron chi connectivity index (χ1n) is 7.75. The van der Waals surface area contributed by atoms with Crippen molar-refractivity contribution in [1.29, 1.82) is 0 Å². The highest BCUT2D eigenvalue weighted by molar-refractivity contribution is 7.81. The van der Waals surface area contributed by atoms with Crippen molar-refractivity contribution < 1.29 is 24.0 Å². The van der Waals surface area contributed by atoms with Crippen LogP contribution in [-0.2, 0) is 4.79 Å². The molecule has 1 aliphatic heterocycles. The van der Waals surface area contributed by atoms with Crippen LogP contribution >= 0.6 is 12.6 Å². The lowest BCUT2D eigenvalue weighted by Crippen LogP contribution is -2.61. The van der Waals surface area contributed by atoms with Crippen molar-refractivity contribution in [2.24, 2.45) is 5.92 Å². The molecule has 2 amide bonds. The molecule has 1 aromatic rings. The summed E-state index contributed by atoms with van der Waals surface area (Å²) >= 11 is 4.33. The number of ketones is 1. The molecule has 0 aliphatic carbocycles. The minimum Gasteiger partial charge on any atom is -0.435 e. The fourth-order valence-corrected chi connectivity index (χ4v) is 3.56. The molecule has 2 rings (SSSR count). The van der Waals surface area contributed by atoms with Crippen LogP contribution in [0.4, 0.5) is 4.79 Å². The highest BCUT2D eigenvalue weighted by atomic mass is 32.1. The maximum Gasteiger partial charge on any atom is 0.521 e. The molecule has 0 saturated carbocycles. The molecule has 0 radical (unpaired) electrons. The number of Topliss-reactive ketones (excluding diaryl/α,β-unsaturated/α-hetero) is 1. The average Bonchev–Trinajstić information content (AvgIpc) is 2.95. The molecule has 1 saturated heterocycles. The molecular weight excluding hydrogens is 314 g/mol. The predicted molar refractivity (Wildman–Crippen MR) is 89.6 cm³/mol. The van der Waals surface area contributed by atoms with Crippen molar-refractivity contribution in [1.82, 2.24) is 0 Å². The maximum absolute atomic E-state index is 12.9. The summed E-state index contributed by atoms with van der Waals surface area (Å²) in [5, 5.41) is 8.78. The maximum atomic E-state index is 12.9. The van der Waals surface area contributed by atoms with Crippen LogP contribution in [-0.4, -0.2) is 45.2 Å². The minimum absolute atomic E-state index is 0.259. The number of nitrogens with zero attached hydrogens (tertiary/aromatic N) is 1. The van der Waals surface area contributed by atoms with Gasteiger partial charge in [0.15, 0.2) is 5.78 Å². The normalized spacial score (nSPS) is 26.5. The number of carboxylic acid groups (broad SMARTS) is 1. The van der Waals surface area contributed by atoms with Gasteiger partial charge < -0.3 is 5.11 Å². The third-order valence-electron chi connectivity index (χ3n) is 4.81. The lowest BCUT2D eigenvalue weighted by atomic mass is 9.96. The minimum atomic E-state index is -1.14. The molecule has 1 aromatic carbocycles. The van der Waals surface area contributed by atoms with Crippen LogP contribution in [0, 0.1) is 5.92 Å². The molecule has 0 bridgehead atoms. The standard InChI is InChI=1S/C17H21NO4S/c1-11-7-6-10-18(11,17(21)22)16(20)12(2)15(23)14(19)13-8-4-3-5-9-13/h3-5,8-9,11-12,15H,6-7,10H2,1-2H3,(H-,21,22,23)/p+1/t11-,12?,15?,18?/m1/s1. The fraction of sp³-hybridized carbons (Fsp3) is 0.471. The van der Waals surface area contributed by atoms with E-state index in [0.29, 0.717) is 18.4 Å². The summed E-state index contributed by atoms with van der Waals surface area (Å²) in [4.78, 5) is 37.1. The summed E-state index contributed by atoms with van der Waals surface area (Å²) in [5.74, 6) is -1.47. The molecule has 5 nitrogen and oxygen atoms in total. The number of benzene rings is 1.